The first kappa shape index (κ1) is 43.1. The first-order chi connectivity index (χ1) is 23.1. The Morgan fingerprint density at radius 3 is 1.57 bits per heavy atom. The van der Waals surface area contributed by atoms with E-state index in [1.165, 1.54) is 103 Å². The second-order valence-corrected chi connectivity index (χ2v) is 13.4. The molecule has 6 nitrogen and oxygen atoms in total. The van der Waals surface area contributed by atoms with Crippen molar-refractivity contribution in [2.24, 2.45) is 0 Å². The summed E-state index contributed by atoms with van der Waals surface area (Å²) < 4.78 is 16.0. The van der Waals surface area contributed by atoms with Crippen LogP contribution in [0.15, 0.2) is 36.5 Å². The molecule has 0 aromatic heterocycles. The van der Waals surface area contributed by atoms with E-state index in [2.05, 4.69) is 50.3 Å². The lowest BCUT2D eigenvalue weighted by Gasteiger charge is -2.12. The van der Waals surface area contributed by atoms with Crippen LogP contribution in [0, 0.1) is 0 Å². The number of hydrogen-bond donors (Lipinski definition) is 1. The maximum atomic E-state index is 12.0. The Morgan fingerprint density at radius 1 is 0.574 bits per heavy atom. The average molecular weight is 661 g/mol. The van der Waals surface area contributed by atoms with Crippen LogP contribution in [0.4, 0.5) is 0 Å². The summed E-state index contributed by atoms with van der Waals surface area (Å²) in [6, 6.07) is 0. The normalized spacial score (nSPS) is 16.8. The highest BCUT2D eigenvalue weighted by molar-refractivity contribution is 5.69. The Kier molecular flexibility index (Phi) is 29.9. The van der Waals surface area contributed by atoms with Crippen molar-refractivity contribution in [1.82, 2.24) is 0 Å². The zero-order valence-corrected chi connectivity index (χ0v) is 30.5. The number of hydrogen-bond acceptors (Lipinski definition) is 6. The van der Waals surface area contributed by atoms with Crippen LogP contribution >= 0.6 is 0 Å². The quantitative estimate of drug-likeness (QED) is 0.0320. The number of carbonyl (C=O) groups excluding carboxylic acids is 2. The fourth-order valence-electron chi connectivity index (χ4n) is 5.70. The van der Waals surface area contributed by atoms with Crippen LogP contribution in [-0.4, -0.2) is 48.6 Å². The fourth-order valence-corrected chi connectivity index (χ4v) is 5.70. The molecule has 0 amide bonds. The molecule has 0 bridgehead atoms. The zero-order chi connectivity index (χ0) is 34.0. The molecule has 1 rings (SSSR count). The Labute approximate surface area is 289 Å². The molecule has 47 heavy (non-hydrogen) atoms. The molecular weight excluding hydrogens is 588 g/mol. The van der Waals surface area contributed by atoms with E-state index in [1.807, 2.05) is 0 Å². The molecule has 1 saturated heterocycles. The number of epoxide rings is 1. The molecular formula is C41H72O6. The first-order valence-electron chi connectivity index (χ1n) is 19.7. The predicted octanol–water partition coefficient (Wildman–Crippen LogP) is 11.1. The van der Waals surface area contributed by atoms with Crippen molar-refractivity contribution in [1.29, 1.82) is 0 Å². The Morgan fingerprint density at radius 2 is 1.02 bits per heavy atom. The molecule has 0 saturated carbocycles. The van der Waals surface area contributed by atoms with Gasteiger partial charge in [-0.1, -0.05) is 153 Å². The number of aliphatic hydroxyl groups is 1. The molecule has 0 aromatic rings. The topological polar surface area (TPSA) is 85.4 Å². The summed E-state index contributed by atoms with van der Waals surface area (Å²) in [4.78, 5) is 24.0. The van der Waals surface area contributed by atoms with Crippen LogP contribution in [0.5, 0.6) is 0 Å². The number of carbonyl (C=O) groups is 2. The van der Waals surface area contributed by atoms with Crippen LogP contribution in [0.3, 0.4) is 0 Å². The third-order valence-corrected chi connectivity index (χ3v) is 8.80. The molecule has 1 heterocycles. The second kappa shape index (κ2) is 32.6. The van der Waals surface area contributed by atoms with Gasteiger partial charge in [0.2, 0.25) is 0 Å². The molecule has 0 aliphatic carbocycles. The van der Waals surface area contributed by atoms with Crippen LogP contribution < -0.4 is 0 Å². The molecule has 3 atom stereocenters. The third kappa shape index (κ3) is 29.9. The first-order valence-corrected chi connectivity index (χ1v) is 19.7. The highest BCUT2D eigenvalue weighted by atomic mass is 16.6. The van der Waals surface area contributed by atoms with Gasteiger partial charge in [0, 0.05) is 12.8 Å². The highest BCUT2D eigenvalue weighted by Gasteiger charge is 2.36. The van der Waals surface area contributed by atoms with Crippen LogP contribution in [0.25, 0.3) is 0 Å². The van der Waals surface area contributed by atoms with Gasteiger partial charge in [-0.15, -0.1) is 0 Å². The number of esters is 2. The van der Waals surface area contributed by atoms with E-state index < -0.39 is 6.10 Å². The lowest BCUT2D eigenvalue weighted by molar-refractivity contribution is -0.152. The minimum absolute atomic E-state index is 0.137. The van der Waals surface area contributed by atoms with Crippen LogP contribution in [0.1, 0.15) is 181 Å². The Hall–Kier alpha value is -1.92. The van der Waals surface area contributed by atoms with Gasteiger partial charge in [-0.3, -0.25) is 9.59 Å². The smallest absolute Gasteiger partial charge is 0.305 e. The van der Waals surface area contributed by atoms with E-state index >= 15 is 0 Å². The summed E-state index contributed by atoms with van der Waals surface area (Å²) in [6.45, 7) is 4.21. The number of rotatable bonds is 34. The molecule has 0 radical (unpaired) electrons. The van der Waals surface area contributed by atoms with Crippen molar-refractivity contribution in [2.75, 3.05) is 13.2 Å². The SMILES string of the molecule is CCCCC/C=C\C/C=C\C/C=C\CC1OC1CCCC(=O)OC[C@@H](O)COC(=O)CCCCCCCCCCCCCCCCC. The lowest BCUT2D eigenvalue weighted by atomic mass is 10.0. The molecule has 1 fully saturated rings. The Balaban J connectivity index is 1.87. The van der Waals surface area contributed by atoms with E-state index in [9.17, 15) is 14.7 Å². The molecule has 6 heteroatoms. The maximum Gasteiger partial charge on any atom is 0.305 e. The van der Waals surface area contributed by atoms with Crippen molar-refractivity contribution in [3.8, 4) is 0 Å². The van der Waals surface area contributed by atoms with E-state index in [0.29, 0.717) is 19.3 Å². The van der Waals surface area contributed by atoms with Gasteiger partial charge in [-0.25, -0.2) is 0 Å². The summed E-state index contributed by atoms with van der Waals surface area (Å²) in [6.07, 6.45) is 42.2. The van der Waals surface area contributed by atoms with E-state index in [-0.39, 0.29) is 37.4 Å². The average Bonchev–Trinajstić information content (AvgIpc) is 3.82. The zero-order valence-electron chi connectivity index (χ0n) is 30.5. The number of aliphatic hydroxyl groups excluding tert-OH is 1. The van der Waals surface area contributed by atoms with Gasteiger partial charge in [0.05, 0.1) is 12.2 Å². The summed E-state index contributed by atoms with van der Waals surface area (Å²) in [5, 5.41) is 10.0. The number of allylic oxidation sites excluding steroid dienone is 5. The molecule has 1 aliphatic rings. The van der Waals surface area contributed by atoms with Crippen molar-refractivity contribution < 1.29 is 28.9 Å². The van der Waals surface area contributed by atoms with Crippen molar-refractivity contribution >= 4 is 11.9 Å². The second-order valence-electron chi connectivity index (χ2n) is 13.4. The van der Waals surface area contributed by atoms with Gasteiger partial charge in [0.15, 0.2) is 0 Å². The summed E-state index contributed by atoms with van der Waals surface area (Å²) in [5.41, 5.74) is 0. The summed E-state index contributed by atoms with van der Waals surface area (Å²) >= 11 is 0. The monoisotopic (exact) mass is 661 g/mol. The molecule has 2 unspecified atom stereocenters. The van der Waals surface area contributed by atoms with Crippen LogP contribution in [-0.2, 0) is 23.8 Å². The largest absolute Gasteiger partial charge is 0.463 e. The Bertz CT molecular complexity index is 819. The highest BCUT2D eigenvalue weighted by Crippen LogP contribution is 2.30. The summed E-state index contributed by atoms with van der Waals surface area (Å²) in [5.74, 6) is -0.635. The fraction of sp³-hybridized carbons (Fsp3) is 0.805. The number of ether oxygens (including phenoxy) is 3. The predicted molar refractivity (Wildman–Crippen MR) is 195 cm³/mol. The van der Waals surface area contributed by atoms with Gasteiger partial charge < -0.3 is 19.3 Å². The van der Waals surface area contributed by atoms with Gasteiger partial charge >= 0.3 is 11.9 Å². The molecule has 0 aromatic carbocycles. The maximum absolute atomic E-state index is 12.0. The van der Waals surface area contributed by atoms with Crippen molar-refractivity contribution in [3.05, 3.63) is 36.5 Å². The lowest BCUT2D eigenvalue weighted by Crippen LogP contribution is -2.25. The van der Waals surface area contributed by atoms with Crippen molar-refractivity contribution in [3.63, 3.8) is 0 Å². The van der Waals surface area contributed by atoms with Gasteiger partial charge in [0.1, 0.15) is 19.3 Å². The minimum Gasteiger partial charge on any atom is -0.463 e. The summed E-state index contributed by atoms with van der Waals surface area (Å²) in [7, 11) is 0. The minimum atomic E-state index is -0.992. The molecule has 1 aliphatic heterocycles. The van der Waals surface area contributed by atoms with E-state index in [1.54, 1.807) is 0 Å². The van der Waals surface area contributed by atoms with Crippen molar-refractivity contribution in [2.45, 2.75) is 199 Å². The van der Waals surface area contributed by atoms with E-state index in [0.717, 1.165) is 44.9 Å². The standard InChI is InChI=1S/C41H72O6/c1-3-5-7-9-11-13-15-17-18-19-21-23-25-27-29-33-40(43)45-35-37(42)36-46-41(44)34-30-32-39-38(47-39)31-28-26-24-22-20-16-14-12-10-8-6-4-2/h12,14,20,22,26,28,37-39,42H,3-11,13,15-19,21,23-25,27,29-36H2,1-2H3/b14-12-,22-20-,28-26-/t37-,38?,39?/m0/s1. The van der Waals surface area contributed by atoms with Gasteiger partial charge in [0.25, 0.3) is 0 Å². The molecule has 1 N–H and O–H groups in total. The van der Waals surface area contributed by atoms with Gasteiger partial charge in [-0.2, -0.15) is 0 Å². The molecule has 272 valence electrons. The van der Waals surface area contributed by atoms with E-state index in [4.69, 9.17) is 14.2 Å². The van der Waals surface area contributed by atoms with Crippen LogP contribution in [0.2, 0.25) is 0 Å². The number of unbranched alkanes of at least 4 members (excludes halogenated alkanes) is 17. The van der Waals surface area contributed by atoms with Gasteiger partial charge in [-0.05, 0) is 51.4 Å². The molecule has 0 spiro atoms. The third-order valence-electron chi connectivity index (χ3n) is 8.80.